The lowest BCUT2D eigenvalue weighted by atomic mass is 9.92. The van der Waals surface area contributed by atoms with E-state index in [4.69, 9.17) is 5.73 Å². The van der Waals surface area contributed by atoms with Crippen LogP contribution in [0, 0.1) is 5.92 Å². The fourth-order valence-electron chi connectivity index (χ4n) is 2.12. The van der Waals surface area contributed by atoms with Crippen molar-refractivity contribution in [3.63, 3.8) is 0 Å². The summed E-state index contributed by atoms with van der Waals surface area (Å²) >= 11 is 0. The van der Waals surface area contributed by atoms with Gasteiger partial charge in [-0.1, -0.05) is 0 Å². The number of nitrogens with two attached hydrogens (primary N) is 1. The van der Waals surface area contributed by atoms with Crippen LogP contribution in [0.1, 0.15) is 26.7 Å². The quantitative estimate of drug-likeness (QED) is 0.700. The number of hydrogen-bond donors (Lipinski definition) is 2. The van der Waals surface area contributed by atoms with Crippen LogP contribution in [0.25, 0.3) is 0 Å². The van der Waals surface area contributed by atoms with Crippen molar-refractivity contribution in [3.05, 3.63) is 0 Å². The summed E-state index contributed by atoms with van der Waals surface area (Å²) in [6.45, 7) is 7.23. The lowest BCUT2D eigenvalue weighted by Crippen LogP contribution is -2.46. The van der Waals surface area contributed by atoms with E-state index in [-0.39, 0.29) is 11.9 Å². The average molecular weight is 213 g/mol. The highest BCUT2D eigenvalue weighted by Crippen LogP contribution is 2.18. The van der Waals surface area contributed by atoms with E-state index in [2.05, 4.69) is 17.1 Å². The number of carbonyl (C=O) groups is 1. The van der Waals surface area contributed by atoms with Crippen LogP contribution in [0.5, 0.6) is 0 Å². The molecule has 1 heterocycles. The first kappa shape index (κ1) is 12.5. The van der Waals surface area contributed by atoms with Crippen molar-refractivity contribution in [2.24, 2.45) is 11.7 Å². The Morgan fingerprint density at radius 2 is 2.40 bits per heavy atom. The molecule has 1 aliphatic heterocycles. The van der Waals surface area contributed by atoms with E-state index in [1.807, 2.05) is 6.92 Å². The number of nitrogens with one attached hydrogen (secondary N) is 1. The van der Waals surface area contributed by atoms with Crippen molar-refractivity contribution in [1.82, 2.24) is 10.2 Å². The van der Waals surface area contributed by atoms with Crippen LogP contribution in [-0.2, 0) is 4.79 Å². The Bertz CT molecular complexity index is 206. The van der Waals surface area contributed by atoms with E-state index in [1.165, 1.54) is 6.42 Å². The molecule has 1 saturated heterocycles. The van der Waals surface area contributed by atoms with Gasteiger partial charge >= 0.3 is 0 Å². The van der Waals surface area contributed by atoms with Crippen molar-refractivity contribution in [2.45, 2.75) is 32.7 Å². The van der Waals surface area contributed by atoms with Gasteiger partial charge in [0.25, 0.3) is 0 Å². The normalized spacial score (nSPS) is 24.9. The number of carbonyl (C=O) groups excluding carboxylic acids is 1. The molecule has 1 rings (SSSR count). The molecular weight excluding hydrogens is 190 g/mol. The fraction of sp³-hybridized carbons (Fsp3) is 0.909. The highest BCUT2D eigenvalue weighted by molar-refractivity contribution is 5.77. The maximum Gasteiger partial charge on any atom is 0.234 e. The van der Waals surface area contributed by atoms with Crippen LogP contribution in [0.15, 0.2) is 0 Å². The lowest BCUT2D eigenvalue weighted by Gasteiger charge is -2.34. The largest absolute Gasteiger partial charge is 0.355 e. The molecule has 0 aromatic heterocycles. The van der Waals surface area contributed by atoms with Crippen LogP contribution in [0.3, 0.4) is 0 Å². The Hall–Kier alpha value is -0.610. The summed E-state index contributed by atoms with van der Waals surface area (Å²) in [6, 6.07) is 0.238. The first-order chi connectivity index (χ1) is 7.13. The molecule has 0 radical (unpaired) electrons. The second kappa shape index (κ2) is 6.08. The second-order valence-electron chi connectivity index (χ2n) is 4.45. The molecule has 1 fully saturated rings. The summed E-state index contributed by atoms with van der Waals surface area (Å²) in [4.78, 5) is 13.6. The number of likely N-dealkylation sites (N-methyl/N-ethyl adjacent to an activating group) is 1. The lowest BCUT2D eigenvalue weighted by molar-refractivity contribution is -0.122. The zero-order chi connectivity index (χ0) is 11.3. The van der Waals surface area contributed by atoms with Gasteiger partial charge < -0.3 is 11.1 Å². The molecule has 2 atom stereocenters. The maximum atomic E-state index is 11.4. The summed E-state index contributed by atoms with van der Waals surface area (Å²) in [7, 11) is 0. The highest BCUT2D eigenvalue weighted by atomic mass is 16.2. The molecule has 0 aliphatic carbocycles. The average Bonchev–Trinajstić information content (AvgIpc) is 2.18. The van der Waals surface area contributed by atoms with E-state index in [0.29, 0.717) is 19.0 Å². The predicted octanol–water partition coefficient (Wildman–Crippen LogP) is 0.182. The summed E-state index contributed by atoms with van der Waals surface area (Å²) in [5.74, 6) is 0.677. The Morgan fingerprint density at radius 3 is 3.00 bits per heavy atom. The second-order valence-corrected chi connectivity index (χ2v) is 4.45. The van der Waals surface area contributed by atoms with Gasteiger partial charge in [-0.2, -0.15) is 0 Å². The molecule has 0 bridgehead atoms. The third-order valence-electron chi connectivity index (χ3n) is 3.03. The van der Waals surface area contributed by atoms with Crippen LogP contribution in [0.4, 0.5) is 0 Å². The van der Waals surface area contributed by atoms with Gasteiger partial charge in [0, 0.05) is 19.1 Å². The maximum absolute atomic E-state index is 11.4. The summed E-state index contributed by atoms with van der Waals surface area (Å²) in [5.41, 5.74) is 5.89. The summed E-state index contributed by atoms with van der Waals surface area (Å²) < 4.78 is 0. The molecule has 1 amide bonds. The molecule has 0 spiro atoms. The number of hydrogen-bond acceptors (Lipinski definition) is 3. The van der Waals surface area contributed by atoms with Gasteiger partial charge in [0.05, 0.1) is 6.54 Å². The smallest absolute Gasteiger partial charge is 0.234 e. The summed E-state index contributed by atoms with van der Waals surface area (Å²) in [5, 5.41) is 2.83. The minimum atomic E-state index is 0.128. The van der Waals surface area contributed by atoms with Crippen LogP contribution >= 0.6 is 0 Å². The molecular formula is C11H23N3O. The Balaban J connectivity index is 2.33. The zero-order valence-electron chi connectivity index (χ0n) is 9.83. The molecule has 0 saturated carbocycles. The first-order valence-corrected chi connectivity index (χ1v) is 5.88. The van der Waals surface area contributed by atoms with Gasteiger partial charge in [-0.15, -0.1) is 0 Å². The fourth-order valence-corrected chi connectivity index (χ4v) is 2.12. The van der Waals surface area contributed by atoms with Gasteiger partial charge in [0.15, 0.2) is 0 Å². The van der Waals surface area contributed by atoms with E-state index in [1.54, 1.807) is 0 Å². The molecule has 3 N–H and O–H groups in total. The van der Waals surface area contributed by atoms with Gasteiger partial charge in [-0.25, -0.2) is 0 Å². The molecule has 4 nitrogen and oxygen atoms in total. The molecule has 15 heavy (non-hydrogen) atoms. The van der Waals surface area contributed by atoms with Crippen LogP contribution < -0.4 is 11.1 Å². The molecule has 88 valence electrons. The van der Waals surface area contributed by atoms with Crippen molar-refractivity contribution < 1.29 is 4.79 Å². The Morgan fingerprint density at radius 1 is 1.67 bits per heavy atom. The molecule has 4 heteroatoms. The van der Waals surface area contributed by atoms with Crippen LogP contribution in [-0.4, -0.2) is 43.0 Å². The Kier molecular flexibility index (Phi) is 5.05. The molecule has 2 unspecified atom stereocenters. The Labute approximate surface area is 92.2 Å². The van der Waals surface area contributed by atoms with Gasteiger partial charge in [0.1, 0.15) is 0 Å². The van der Waals surface area contributed by atoms with Crippen LogP contribution in [0.2, 0.25) is 0 Å². The van der Waals surface area contributed by atoms with Crippen molar-refractivity contribution >= 4 is 5.91 Å². The molecule has 0 aromatic carbocycles. The van der Waals surface area contributed by atoms with Crippen molar-refractivity contribution in [2.75, 3.05) is 26.2 Å². The van der Waals surface area contributed by atoms with E-state index >= 15 is 0 Å². The number of likely N-dealkylation sites (tertiary alicyclic amines) is 1. The summed E-state index contributed by atoms with van der Waals surface area (Å²) in [6.07, 6.45) is 2.36. The van der Waals surface area contributed by atoms with E-state index in [9.17, 15) is 4.79 Å². The van der Waals surface area contributed by atoms with E-state index in [0.717, 1.165) is 19.5 Å². The topological polar surface area (TPSA) is 58.4 Å². The SMILES string of the molecule is CCNC(=O)CN1CCCC(C(C)N)C1. The monoisotopic (exact) mass is 213 g/mol. The number of amides is 1. The third-order valence-corrected chi connectivity index (χ3v) is 3.03. The molecule has 0 aromatic rings. The minimum absolute atomic E-state index is 0.128. The van der Waals surface area contributed by atoms with Gasteiger partial charge in [-0.3, -0.25) is 9.69 Å². The third kappa shape index (κ3) is 4.18. The zero-order valence-corrected chi connectivity index (χ0v) is 9.83. The van der Waals surface area contributed by atoms with Crippen molar-refractivity contribution in [1.29, 1.82) is 0 Å². The van der Waals surface area contributed by atoms with Gasteiger partial charge in [0.2, 0.25) is 5.91 Å². The van der Waals surface area contributed by atoms with E-state index < -0.39 is 0 Å². The van der Waals surface area contributed by atoms with Crippen molar-refractivity contribution in [3.8, 4) is 0 Å². The first-order valence-electron chi connectivity index (χ1n) is 5.88. The minimum Gasteiger partial charge on any atom is -0.355 e. The number of rotatable bonds is 4. The highest BCUT2D eigenvalue weighted by Gasteiger charge is 2.23. The number of nitrogens with zero attached hydrogens (tertiary/aromatic N) is 1. The standard InChI is InChI=1S/C11H23N3O/c1-3-13-11(15)8-14-6-4-5-10(7-14)9(2)12/h9-10H,3-8,12H2,1-2H3,(H,13,15). The van der Waals surface area contributed by atoms with Gasteiger partial charge in [-0.05, 0) is 39.2 Å². The molecule has 1 aliphatic rings. The number of piperidine rings is 1. The predicted molar refractivity (Wildman–Crippen MR) is 61.5 cm³/mol.